The zero-order chi connectivity index (χ0) is 31.7. The third-order valence-corrected chi connectivity index (χ3v) is 9.47. The molecule has 1 aliphatic heterocycles. The van der Waals surface area contributed by atoms with Gasteiger partial charge in [0.2, 0.25) is 0 Å². The summed E-state index contributed by atoms with van der Waals surface area (Å²) in [5.41, 5.74) is 9.59. The van der Waals surface area contributed by atoms with Gasteiger partial charge in [0.05, 0.1) is 22.2 Å². The van der Waals surface area contributed by atoms with Crippen molar-refractivity contribution in [2.75, 3.05) is 0 Å². The van der Waals surface area contributed by atoms with Gasteiger partial charge in [-0.15, -0.1) is 0 Å². The minimum absolute atomic E-state index is 0.0641. The van der Waals surface area contributed by atoms with E-state index in [2.05, 4.69) is 32.7 Å². The average molecular weight is 632 g/mol. The summed E-state index contributed by atoms with van der Waals surface area (Å²) >= 11 is 6.27. The first-order chi connectivity index (χ1) is 21.6. The van der Waals surface area contributed by atoms with E-state index in [4.69, 9.17) is 22.7 Å². The molecule has 6 rings (SSSR count). The maximum Gasteiger partial charge on any atom is 0.354 e. The molecule has 10 heteroatoms. The van der Waals surface area contributed by atoms with Gasteiger partial charge in [0.15, 0.2) is 5.82 Å². The predicted molar refractivity (Wildman–Crippen MR) is 180 cm³/mol. The van der Waals surface area contributed by atoms with E-state index in [1.807, 2.05) is 32.0 Å². The van der Waals surface area contributed by atoms with Crippen LogP contribution in [0.3, 0.4) is 0 Å². The van der Waals surface area contributed by atoms with Crippen LogP contribution in [-0.4, -0.2) is 38.5 Å². The number of nitrogens with two attached hydrogens (primary N) is 1. The molecule has 1 saturated heterocycles. The number of amidine groups is 1. The van der Waals surface area contributed by atoms with E-state index in [1.165, 1.54) is 23.0 Å². The van der Waals surface area contributed by atoms with Crippen LogP contribution in [0.25, 0.3) is 28.0 Å². The minimum atomic E-state index is -0.507. The van der Waals surface area contributed by atoms with E-state index < -0.39 is 11.5 Å². The second-order valence-corrected chi connectivity index (χ2v) is 13.5. The molecule has 0 bridgehead atoms. The zero-order valence-corrected chi connectivity index (χ0v) is 26.8. The predicted octanol–water partition coefficient (Wildman–Crippen LogP) is 6.78. The highest BCUT2D eigenvalue weighted by Crippen LogP contribution is 2.37. The minimum Gasteiger partial charge on any atom is -0.371 e. The number of hydrogen-bond acceptors (Lipinski definition) is 5. The molecule has 0 radical (unpaired) electrons. The Morgan fingerprint density at radius 1 is 1.20 bits per heavy atom. The molecule has 0 amide bonds. The molecule has 2 aromatic carbocycles. The van der Waals surface area contributed by atoms with Gasteiger partial charge in [0, 0.05) is 41.3 Å². The normalized spacial score (nSPS) is 19.8. The molecular formula is C35H43ClFN7O. The van der Waals surface area contributed by atoms with Crippen molar-refractivity contribution in [1.82, 2.24) is 25.2 Å². The van der Waals surface area contributed by atoms with Crippen LogP contribution in [0.4, 0.5) is 4.39 Å². The van der Waals surface area contributed by atoms with Crippen LogP contribution in [0.5, 0.6) is 0 Å². The van der Waals surface area contributed by atoms with E-state index in [9.17, 15) is 4.79 Å². The van der Waals surface area contributed by atoms with Crippen LogP contribution in [0.15, 0.2) is 53.5 Å². The Hall–Kier alpha value is -3.53. The lowest BCUT2D eigenvalue weighted by Crippen LogP contribution is -2.44. The molecule has 1 unspecified atom stereocenters. The lowest BCUT2D eigenvalue weighted by molar-refractivity contribution is 0.285. The summed E-state index contributed by atoms with van der Waals surface area (Å²) in [7, 11) is 0. The van der Waals surface area contributed by atoms with E-state index in [-0.39, 0.29) is 17.1 Å². The second kappa shape index (κ2) is 13.4. The highest BCUT2D eigenvalue weighted by molar-refractivity contribution is 6.31. The van der Waals surface area contributed by atoms with E-state index in [1.54, 1.807) is 18.3 Å². The number of aromatic amines is 1. The molecule has 4 aromatic rings. The Bertz CT molecular complexity index is 1730. The maximum atomic E-state index is 15.2. The molecule has 3 heterocycles. The number of nitrogens with one attached hydrogen (secondary N) is 4. The monoisotopic (exact) mass is 631 g/mol. The van der Waals surface area contributed by atoms with Crippen molar-refractivity contribution in [3.8, 4) is 16.9 Å². The van der Waals surface area contributed by atoms with Crippen molar-refractivity contribution in [2.45, 2.75) is 95.8 Å². The summed E-state index contributed by atoms with van der Waals surface area (Å²) < 4.78 is 16.7. The van der Waals surface area contributed by atoms with Crippen LogP contribution in [0.1, 0.15) is 82.4 Å². The highest BCUT2D eigenvalue weighted by atomic mass is 35.5. The first kappa shape index (κ1) is 31.5. The molecule has 2 aliphatic rings. The van der Waals surface area contributed by atoms with Crippen LogP contribution in [0, 0.1) is 17.1 Å². The lowest BCUT2D eigenvalue weighted by Gasteiger charge is -2.34. The van der Waals surface area contributed by atoms with Gasteiger partial charge >= 0.3 is 5.69 Å². The second-order valence-electron chi connectivity index (χ2n) is 13.1. The molecule has 8 nitrogen and oxygen atoms in total. The molecule has 2 fully saturated rings. The molecular weight excluding hydrogens is 589 g/mol. The summed E-state index contributed by atoms with van der Waals surface area (Å²) in [6.45, 7) is 3.79. The summed E-state index contributed by atoms with van der Waals surface area (Å²) in [5.74, 6) is 0.723. The van der Waals surface area contributed by atoms with Crippen molar-refractivity contribution in [1.29, 1.82) is 5.41 Å². The third kappa shape index (κ3) is 7.48. The Kier molecular flexibility index (Phi) is 9.40. The number of aromatic nitrogens is 3. The molecule has 6 N–H and O–H groups in total. The first-order valence-electron chi connectivity index (χ1n) is 16.2. The van der Waals surface area contributed by atoms with E-state index >= 15 is 4.39 Å². The van der Waals surface area contributed by atoms with E-state index in [0.29, 0.717) is 46.1 Å². The maximum absolute atomic E-state index is 15.2. The van der Waals surface area contributed by atoms with Gasteiger partial charge in [-0.25, -0.2) is 9.18 Å². The Morgan fingerprint density at radius 2 is 1.98 bits per heavy atom. The summed E-state index contributed by atoms with van der Waals surface area (Å²) in [5, 5.41) is 15.9. The van der Waals surface area contributed by atoms with Crippen LogP contribution in [0.2, 0.25) is 5.02 Å². The smallest absolute Gasteiger partial charge is 0.354 e. The van der Waals surface area contributed by atoms with Crippen molar-refractivity contribution in [2.24, 2.45) is 11.7 Å². The van der Waals surface area contributed by atoms with Gasteiger partial charge in [-0.1, -0.05) is 30.2 Å². The SMILES string of the molecule is CC(=N)NC(C[C@@H]1CCC[C@@H](c2ccc(-n3cc4cc(-c5cc(CCC[C@H](C)N)cc(Cl)c5F)[nH]c4nc3=O)cc2)N1)C1CC1. The first-order valence-corrected chi connectivity index (χ1v) is 16.6. The number of hydrogen-bond donors (Lipinski definition) is 5. The molecule has 238 valence electrons. The van der Waals surface area contributed by atoms with Crippen molar-refractivity contribution in [3.63, 3.8) is 0 Å². The Morgan fingerprint density at radius 3 is 2.69 bits per heavy atom. The van der Waals surface area contributed by atoms with Gasteiger partial charge in [-0.2, -0.15) is 4.98 Å². The number of piperidine rings is 1. The largest absolute Gasteiger partial charge is 0.371 e. The quantitative estimate of drug-likeness (QED) is 0.0922. The number of H-pyrrole nitrogens is 1. The number of rotatable bonds is 11. The van der Waals surface area contributed by atoms with Crippen LogP contribution in [-0.2, 0) is 6.42 Å². The molecule has 1 aliphatic carbocycles. The third-order valence-electron chi connectivity index (χ3n) is 9.20. The Balaban J connectivity index is 1.19. The summed E-state index contributed by atoms with van der Waals surface area (Å²) in [6.07, 6.45) is 11.1. The number of aryl methyl sites for hydroxylation is 1. The number of benzene rings is 2. The van der Waals surface area contributed by atoms with Gasteiger partial charge < -0.3 is 21.4 Å². The van der Waals surface area contributed by atoms with Gasteiger partial charge in [-0.3, -0.25) is 9.98 Å². The van der Waals surface area contributed by atoms with Gasteiger partial charge in [0.1, 0.15) is 5.65 Å². The molecule has 2 aromatic heterocycles. The number of nitrogens with zero attached hydrogens (tertiary/aromatic N) is 2. The van der Waals surface area contributed by atoms with Crippen LogP contribution < -0.4 is 22.1 Å². The fourth-order valence-electron chi connectivity index (χ4n) is 6.73. The zero-order valence-electron chi connectivity index (χ0n) is 26.0. The molecule has 45 heavy (non-hydrogen) atoms. The van der Waals surface area contributed by atoms with Gasteiger partial charge in [0.25, 0.3) is 0 Å². The lowest BCUT2D eigenvalue weighted by atomic mass is 9.89. The fraction of sp³-hybridized carbons (Fsp3) is 0.457. The van der Waals surface area contributed by atoms with Crippen molar-refractivity contribution in [3.05, 3.63) is 81.1 Å². The van der Waals surface area contributed by atoms with E-state index in [0.717, 1.165) is 56.2 Å². The summed E-state index contributed by atoms with van der Waals surface area (Å²) in [6, 6.07) is 14.5. The average Bonchev–Trinajstić information content (AvgIpc) is 3.78. The number of halogens is 2. The topological polar surface area (TPSA) is 125 Å². The highest BCUT2D eigenvalue weighted by Gasteiger charge is 2.34. The number of fused-ring (bicyclic) bond motifs is 1. The molecule has 1 saturated carbocycles. The van der Waals surface area contributed by atoms with Crippen molar-refractivity contribution >= 4 is 28.5 Å². The summed E-state index contributed by atoms with van der Waals surface area (Å²) in [4.78, 5) is 20.5. The van der Waals surface area contributed by atoms with Crippen molar-refractivity contribution < 1.29 is 4.39 Å². The molecule has 4 atom stereocenters. The Labute approximate surface area is 268 Å². The van der Waals surface area contributed by atoms with Crippen LogP contribution >= 0.6 is 11.6 Å². The van der Waals surface area contributed by atoms with Gasteiger partial charge in [-0.05, 0) is 113 Å². The fourth-order valence-corrected chi connectivity index (χ4v) is 6.97. The standard InChI is InChI=1S/C35H43ClFN7O/c1-20(38)5-3-6-22-15-28(33(37)29(36)16-22)32-17-25-19-44(35(45)43-34(25)42-32)27-13-11-23(12-14-27)30-8-4-7-26(41-30)18-31(24-9-10-24)40-21(2)39/h11-17,19-20,24,26,30-31,41H,3-10,18,38H2,1-2H3,(H2,39,40)(H,42,43,45)/t20-,26-,30-,31?/m0/s1. The molecule has 0 spiro atoms.